The van der Waals surface area contributed by atoms with Gasteiger partial charge < -0.3 is 11.1 Å². The molecule has 1 aliphatic rings. The molecule has 0 heterocycles. The van der Waals surface area contributed by atoms with Gasteiger partial charge >= 0.3 is 0 Å². The van der Waals surface area contributed by atoms with E-state index in [0.29, 0.717) is 23.4 Å². The third-order valence-electron chi connectivity index (χ3n) is 3.35. The van der Waals surface area contributed by atoms with Gasteiger partial charge in [0.2, 0.25) is 5.91 Å². The van der Waals surface area contributed by atoms with E-state index in [-0.39, 0.29) is 11.8 Å². The van der Waals surface area contributed by atoms with Gasteiger partial charge in [0, 0.05) is 6.04 Å². The lowest BCUT2D eigenvalue weighted by molar-refractivity contribution is -0.124. The van der Waals surface area contributed by atoms with Crippen molar-refractivity contribution in [1.29, 1.82) is 0 Å². The van der Waals surface area contributed by atoms with Crippen molar-refractivity contribution < 1.29 is 4.79 Å². The topological polar surface area (TPSA) is 55.1 Å². The number of nitrogens with two attached hydrogens (primary N) is 1. The summed E-state index contributed by atoms with van der Waals surface area (Å²) in [6.07, 6.45) is 5.33. The van der Waals surface area contributed by atoms with Gasteiger partial charge in [-0.25, -0.2) is 0 Å². The van der Waals surface area contributed by atoms with Gasteiger partial charge in [0.15, 0.2) is 0 Å². The van der Waals surface area contributed by atoms with Crippen molar-refractivity contribution in [2.45, 2.75) is 52.0 Å². The Bertz CT molecular complexity index is 268. The number of carbonyl (C=O) groups is 1. The normalized spacial score (nSPS) is 27.1. The largest absolute Gasteiger partial charge is 0.393 e. The molecule has 1 rings (SSSR count). The van der Waals surface area contributed by atoms with Crippen molar-refractivity contribution >= 4 is 23.1 Å². The Labute approximate surface area is 103 Å². The summed E-state index contributed by atoms with van der Waals surface area (Å²) >= 11 is 4.90. The Kier molecular flexibility index (Phi) is 5.19. The van der Waals surface area contributed by atoms with Crippen LogP contribution in [0.3, 0.4) is 0 Å². The first-order valence-corrected chi connectivity index (χ1v) is 6.55. The molecule has 16 heavy (non-hydrogen) atoms. The number of hydrogen-bond donors (Lipinski definition) is 2. The Hall–Kier alpha value is -0.640. The molecule has 3 nitrogen and oxygen atoms in total. The van der Waals surface area contributed by atoms with E-state index in [1.165, 1.54) is 12.8 Å². The fourth-order valence-electron chi connectivity index (χ4n) is 2.38. The molecule has 0 bridgehead atoms. The quantitative estimate of drug-likeness (QED) is 0.741. The predicted octanol–water partition coefficient (Wildman–Crippen LogP) is 1.99. The first kappa shape index (κ1) is 13.4. The maximum atomic E-state index is 11.9. The molecule has 0 spiro atoms. The highest BCUT2D eigenvalue weighted by molar-refractivity contribution is 7.80. The summed E-state index contributed by atoms with van der Waals surface area (Å²) in [6.45, 7) is 4.18. The van der Waals surface area contributed by atoms with Crippen LogP contribution < -0.4 is 11.1 Å². The average molecular weight is 242 g/mol. The fourth-order valence-corrected chi connectivity index (χ4v) is 2.66. The van der Waals surface area contributed by atoms with E-state index in [1.807, 2.05) is 6.92 Å². The van der Waals surface area contributed by atoms with Crippen molar-refractivity contribution in [2.24, 2.45) is 17.6 Å². The molecule has 0 aromatic carbocycles. The lowest BCUT2D eigenvalue weighted by Gasteiger charge is -2.28. The molecular weight excluding hydrogens is 220 g/mol. The first-order valence-electron chi connectivity index (χ1n) is 6.14. The Morgan fingerprint density at radius 1 is 1.56 bits per heavy atom. The van der Waals surface area contributed by atoms with Gasteiger partial charge in [-0.05, 0) is 25.2 Å². The molecule has 1 saturated carbocycles. The van der Waals surface area contributed by atoms with Gasteiger partial charge in [-0.3, -0.25) is 4.79 Å². The van der Waals surface area contributed by atoms with Crippen molar-refractivity contribution in [2.75, 3.05) is 0 Å². The number of carbonyl (C=O) groups excluding carboxylic acids is 1. The maximum Gasteiger partial charge on any atom is 0.230 e. The van der Waals surface area contributed by atoms with Gasteiger partial charge in [0.25, 0.3) is 0 Å². The highest BCUT2D eigenvalue weighted by Gasteiger charge is 2.25. The Balaban J connectivity index is 2.46. The fraction of sp³-hybridized carbons (Fsp3) is 0.833. The van der Waals surface area contributed by atoms with Crippen molar-refractivity contribution in [3.05, 3.63) is 0 Å². The molecule has 0 saturated heterocycles. The second-order valence-corrected chi connectivity index (χ2v) is 5.31. The Morgan fingerprint density at radius 3 is 2.75 bits per heavy atom. The van der Waals surface area contributed by atoms with E-state index in [1.54, 1.807) is 0 Å². The van der Waals surface area contributed by atoms with Gasteiger partial charge in [0.1, 0.15) is 0 Å². The van der Waals surface area contributed by atoms with Crippen molar-refractivity contribution in [1.82, 2.24) is 5.32 Å². The second kappa shape index (κ2) is 6.18. The van der Waals surface area contributed by atoms with Crippen LogP contribution in [-0.2, 0) is 4.79 Å². The minimum absolute atomic E-state index is 0.00843. The number of amides is 1. The van der Waals surface area contributed by atoms with Gasteiger partial charge in [-0.15, -0.1) is 0 Å². The summed E-state index contributed by atoms with van der Waals surface area (Å²) in [5.41, 5.74) is 5.55. The zero-order chi connectivity index (χ0) is 12.1. The molecule has 0 radical (unpaired) electrons. The van der Waals surface area contributed by atoms with Gasteiger partial charge in [-0.2, -0.15) is 0 Å². The second-order valence-electron chi connectivity index (χ2n) is 4.84. The molecule has 92 valence electrons. The SMILES string of the molecule is CCC(C(=O)NC1CCCC(C)C1)C(N)=S. The summed E-state index contributed by atoms with van der Waals surface area (Å²) in [4.78, 5) is 12.2. The monoisotopic (exact) mass is 242 g/mol. The minimum Gasteiger partial charge on any atom is -0.393 e. The summed E-state index contributed by atoms with van der Waals surface area (Å²) in [5, 5.41) is 3.08. The summed E-state index contributed by atoms with van der Waals surface area (Å²) in [7, 11) is 0. The van der Waals surface area contributed by atoms with Crippen LogP contribution in [0.5, 0.6) is 0 Å². The van der Waals surface area contributed by atoms with E-state index in [2.05, 4.69) is 12.2 Å². The highest BCUT2D eigenvalue weighted by atomic mass is 32.1. The summed E-state index contributed by atoms with van der Waals surface area (Å²) in [6, 6.07) is 0.319. The average Bonchev–Trinajstić information content (AvgIpc) is 2.17. The first-order chi connectivity index (χ1) is 7.54. The maximum absolute atomic E-state index is 11.9. The van der Waals surface area contributed by atoms with E-state index in [0.717, 1.165) is 12.8 Å². The van der Waals surface area contributed by atoms with Gasteiger partial charge in [-0.1, -0.05) is 38.9 Å². The van der Waals surface area contributed by atoms with Crippen LogP contribution in [0.1, 0.15) is 46.0 Å². The predicted molar refractivity (Wildman–Crippen MR) is 70.1 cm³/mol. The zero-order valence-electron chi connectivity index (χ0n) is 10.2. The van der Waals surface area contributed by atoms with E-state index in [4.69, 9.17) is 18.0 Å². The molecule has 4 heteroatoms. The molecule has 1 aliphatic carbocycles. The third kappa shape index (κ3) is 3.74. The molecule has 1 amide bonds. The third-order valence-corrected chi connectivity index (χ3v) is 3.64. The number of thiocarbonyl (C=S) groups is 1. The van der Waals surface area contributed by atoms with Crippen LogP contribution in [0, 0.1) is 11.8 Å². The van der Waals surface area contributed by atoms with Crippen molar-refractivity contribution in [3.63, 3.8) is 0 Å². The number of rotatable bonds is 4. The molecular formula is C12H22N2OS. The minimum atomic E-state index is -0.299. The Morgan fingerprint density at radius 2 is 2.25 bits per heavy atom. The molecule has 3 atom stereocenters. The smallest absolute Gasteiger partial charge is 0.230 e. The van der Waals surface area contributed by atoms with Crippen LogP contribution in [-0.4, -0.2) is 16.9 Å². The van der Waals surface area contributed by atoms with Crippen LogP contribution in [0.25, 0.3) is 0 Å². The molecule has 3 N–H and O–H groups in total. The van der Waals surface area contributed by atoms with Crippen molar-refractivity contribution in [3.8, 4) is 0 Å². The van der Waals surface area contributed by atoms with Crippen LogP contribution >= 0.6 is 12.2 Å². The molecule has 1 fully saturated rings. The van der Waals surface area contributed by atoms with E-state index >= 15 is 0 Å². The zero-order valence-corrected chi connectivity index (χ0v) is 11.0. The standard InChI is InChI=1S/C12H22N2OS/c1-3-10(11(13)16)12(15)14-9-6-4-5-8(2)7-9/h8-10H,3-7H2,1-2H3,(H2,13,16)(H,14,15). The number of hydrogen-bond acceptors (Lipinski definition) is 2. The molecule has 0 aliphatic heterocycles. The van der Waals surface area contributed by atoms with Gasteiger partial charge in [0.05, 0.1) is 10.9 Å². The lowest BCUT2D eigenvalue weighted by atomic mass is 9.87. The molecule has 3 unspecified atom stereocenters. The van der Waals surface area contributed by atoms with Crippen LogP contribution in [0.4, 0.5) is 0 Å². The summed E-state index contributed by atoms with van der Waals surface area (Å²) < 4.78 is 0. The van der Waals surface area contributed by atoms with E-state index in [9.17, 15) is 4.79 Å². The molecule has 0 aromatic rings. The highest BCUT2D eigenvalue weighted by Crippen LogP contribution is 2.23. The van der Waals surface area contributed by atoms with E-state index < -0.39 is 0 Å². The molecule has 0 aromatic heterocycles. The van der Waals surface area contributed by atoms with Crippen LogP contribution in [0.15, 0.2) is 0 Å². The summed E-state index contributed by atoms with van der Waals surface area (Å²) in [5.74, 6) is 0.422. The van der Waals surface area contributed by atoms with Crippen LogP contribution in [0.2, 0.25) is 0 Å². The lowest BCUT2D eigenvalue weighted by Crippen LogP contribution is -2.44. The number of nitrogens with one attached hydrogen (secondary N) is 1.